The largest absolute Gasteiger partial charge is 0.329 e. The molecule has 3 aromatic rings. The van der Waals surface area contributed by atoms with Gasteiger partial charge in [0.1, 0.15) is 0 Å². The van der Waals surface area contributed by atoms with Crippen molar-refractivity contribution in [1.29, 1.82) is 0 Å². The molecule has 3 nitrogen and oxygen atoms in total. The van der Waals surface area contributed by atoms with E-state index in [0.717, 1.165) is 26.2 Å². The van der Waals surface area contributed by atoms with Crippen LogP contribution in [0.25, 0.3) is 6.08 Å². The van der Waals surface area contributed by atoms with Gasteiger partial charge in [0.2, 0.25) is 0 Å². The van der Waals surface area contributed by atoms with Crippen LogP contribution in [0, 0.1) is 0 Å². The Morgan fingerprint density at radius 3 is 2.52 bits per heavy atom. The van der Waals surface area contributed by atoms with Gasteiger partial charge in [0, 0.05) is 24.7 Å². The van der Waals surface area contributed by atoms with E-state index in [2.05, 4.69) is 81.2 Å². The second-order valence-electron chi connectivity index (χ2n) is 7.85. The molecule has 2 aromatic carbocycles. The van der Waals surface area contributed by atoms with Crippen molar-refractivity contribution in [3.63, 3.8) is 0 Å². The number of nitrogens with zero attached hydrogens (tertiary/aromatic N) is 3. The minimum Gasteiger partial charge on any atom is -0.329 e. The standard InChI is InChI=1S/C24H25N3/c1-2-6-20(7-3-1)17-27-19-25-16-22(27)18-26-14-12-24(13-15-26)11-10-21-8-4-5-9-23(21)24/h1-11,16,19H,12-15,17-18H2. The maximum absolute atomic E-state index is 4.41. The van der Waals surface area contributed by atoms with Crippen LogP contribution in [0.5, 0.6) is 0 Å². The summed E-state index contributed by atoms with van der Waals surface area (Å²) in [4.78, 5) is 6.99. The molecule has 1 fully saturated rings. The number of imidazole rings is 1. The average molecular weight is 355 g/mol. The predicted molar refractivity (Wildman–Crippen MR) is 109 cm³/mol. The molecule has 1 spiro atoms. The van der Waals surface area contributed by atoms with E-state index in [1.165, 1.54) is 35.2 Å². The highest BCUT2D eigenvalue weighted by atomic mass is 15.2. The molecular weight excluding hydrogens is 330 g/mol. The van der Waals surface area contributed by atoms with Crippen molar-refractivity contribution < 1.29 is 0 Å². The lowest BCUT2D eigenvalue weighted by atomic mass is 9.74. The lowest BCUT2D eigenvalue weighted by molar-refractivity contribution is 0.174. The maximum Gasteiger partial charge on any atom is 0.0951 e. The van der Waals surface area contributed by atoms with Gasteiger partial charge in [-0.25, -0.2) is 4.98 Å². The third kappa shape index (κ3) is 3.13. The molecule has 2 aliphatic rings. The molecule has 136 valence electrons. The van der Waals surface area contributed by atoms with Crippen LogP contribution in [-0.4, -0.2) is 27.5 Å². The van der Waals surface area contributed by atoms with Crippen LogP contribution in [0.2, 0.25) is 0 Å². The normalized spacial score (nSPS) is 18.1. The molecule has 0 saturated carbocycles. The Labute approximate surface area is 161 Å². The minimum atomic E-state index is 0.261. The molecule has 1 saturated heterocycles. The smallest absolute Gasteiger partial charge is 0.0951 e. The molecule has 5 rings (SSSR count). The van der Waals surface area contributed by atoms with E-state index >= 15 is 0 Å². The topological polar surface area (TPSA) is 21.1 Å². The van der Waals surface area contributed by atoms with Crippen molar-refractivity contribution in [1.82, 2.24) is 14.5 Å². The summed E-state index contributed by atoms with van der Waals surface area (Å²) in [7, 11) is 0. The number of hydrogen-bond donors (Lipinski definition) is 0. The molecule has 0 bridgehead atoms. The number of piperidine rings is 1. The van der Waals surface area contributed by atoms with E-state index in [4.69, 9.17) is 0 Å². The third-order valence-corrected chi connectivity index (χ3v) is 6.21. The zero-order valence-electron chi connectivity index (χ0n) is 15.6. The van der Waals surface area contributed by atoms with Crippen molar-refractivity contribution in [2.45, 2.75) is 31.3 Å². The summed E-state index contributed by atoms with van der Waals surface area (Å²) >= 11 is 0. The second-order valence-corrected chi connectivity index (χ2v) is 7.85. The van der Waals surface area contributed by atoms with Crippen molar-refractivity contribution in [3.05, 3.63) is 95.6 Å². The SMILES string of the molecule is C1=CC2(CCN(Cc3cncn3Cc3ccccc3)CC2)c2ccccc21. The van der Waals surface area contributed by atoms with Gasteiger partial charge in [-0.15, -0.1) is 0 Å². The van der Waals surface area contributed by atoms with E-state index in [1.54, 1.807) is 0 Å². The fraction of sp³-hybridized carbons (Fsp3) is 0.292. The van der Waals surface area contributed by atoms with Crippen LogP contribution in [0.3, 0.4) is 0 Å². The number of rotatable bonds is 4. The highest BCUT2D eigenvalue weighted by molar-refractivity contribution is 5.65. The Balaban J connectivity index is 1.26. The van der Waals surface area contributed by atoms with Gasteiger partial charge in [-0.05, 0) is 42.6 Å². The Kier molecular flexibility index (Phi) is 4.17. The molecule has 0 N–H and O–H groups in total. The molecule has 0 radical (unpaired) electrons. The van der Waals surface area contributed by atoms with E-state index in [0.29, 0.717) is 0 Å². The summed E-state index contributed by atoms with van der Waals surface area (Å²) in [5.41, 5.74) is 5.82. The molecule has 2 heterocycles. The number of likely N-dealkylation sites (tertiary alicyclic amines) is 1. The first-order valence-electron chi connectivity index (χ1n) is 9.86. The Bertz CT molecular complexity index is 947. The van der Waals surface area contributed by atoms with Gasteiger partial charge >= 0.3 is 0 Å². The molecular formula is C24H25N3. The number of benzene rings is 2. The minimum absolute atomic E-state index is 0.261. The molecule has 1 aliphatic carbocycles. The van der Waals surface area contributed by atoms with Crippen LogP contribution in [0.1, 0.15) is 35.2 Å². The van der Waals surface area contributed by atoms with Gasteiger partial charge < -0.3 is 4.57 Å². The molecule has 0 amide bonds. The van der Waals surface area contributed by atoms with Crippen LogP contribution in [0.4, 0.5) is 0 Å². The van der Waals surface area contributed by atoms with Gasteiger partial charge in [-0.1, -0.05) is 66.7 Å². The van der Waals surface area contributed by atoms with Crippen LogP contribution < -0.4 is 0 Å². The summed E-state index contributed by atoms with van der Waals surface area (Å²) in [6.45, 7) is 4.14. The van der Waals surface area contributed by atoms with E-state index in [-0.39, 0.29) is 5.41 Å². The van der Waals surface area contributed by atoms with Crippen molar-refractivity contribution in [3.8, 4) is 0 Å². The summed E-state index contributed by atoms with van der Waals surface area (Å²) in [6, 6.07) is 19.5. The van der Waals surface area contributed by atoms with Crippen LogP contribution in [-0.2, 0) is 18.5 Å². The summed E-state index contributed by atoms with van der Waals surface area (Å²) in [5.74, 6) is 0. The number of allylic oxidation sites excluding steroid dienone is 1. The Hall–Kier alpha value is -2.65. The van der Waals surface area contributed by atoms with Crippen molar-refractivity contribution >= 4 is 6.08 Å². The number of hydrogen-bond acceptors (Lipinski definition) is 2. The molecule has 1 aromatic heterocycles. The predicted octanol–water partition coefficient (Wildman–Crippen LogP) is 4.49. The number of fused-ring (bicyclic) bond motifs is 2. The van der Waals surface area contributed by atoms with Gasteiger partial charge in [0.15, 0.2) is 0 Å². The van der Waals surface area contributed by atoms with E-state index in [9.17, 15) is 0 Å². The third-order valence-electron chi connectivity index (χ3n) is 6.21. The first-order chi connectivity index (χ1) is 13.3. The molecule has 3 heteroatoms. The van der Waals surface area contributed by atoms with Gasteiger partial charge in [-0.2, -0.15) is 0 Å². The van der Waals surface area contributed by atoms with Gasteiger partial charge in [0.25, 0.3) is 0 Å². The lowest BCUT2D eigenvalue weighted by Crippen LogP contribution is -2.40. The Morgan fingerprint density at radius 1 is 0.889 bits per heavy atom. The zero-order valence-corrected chi connectivity index (χ0v) is 15.6. The van der Waals surface area contributed by atoms with E-state index < -0.39 is 0 Å². The van der Waals surface area contributed by atoms with Gasteiger partial charge in [0.05, 0.1) is 12.0 Å². The second kappa shape index (κ2) is 6.82. The first kappa shape index (κ1) is 16.5. The summed E-state index contributed by atoms with van der Waals surface area (Å²) < 4.78 is 2.28. The zero-order chi connectivity index (χ0) is 18.1. The molecule has 0 atom stereocenters. The summed E-state index contributed by atoms with van der Waals surface area (Å²) in [5, 5.41) is 0. The van der Waals surface area contributed by atoms with E-state index in [1.807, 2.05) is 12.5 Å². The maximum atomic E-state index is 4.41. The highest BCUT2D eigenvalue weighted by Gasteiger charge is 2.37. The fourth-order valence-electron chi connectivity index (χ4n) is 4.61. The quantitative estimate of drug-likeness (QED) is 0.687. The molecule has 27 heavy (non-hydrogen) atoms. The highest BCUT2D eigenvalue weighted by Crippen LogP contribution is 2.43. The lowest BCUT2D eigenvalue weighted by Gasteiger charge is -2.39. The number of aromatic nitrogens is 2. The van der Waals surface area contributed by atoms with Crippen LogP contribution >= 0.6 is 0 Å². The average Bonchev–Trinajstić information content (AvgIpc) is 3.30. The fourth-order valence-corrected chi connectivity index (χ4v) is 4.61. The van der Waals surface area contributed by atoms with Crippen molar-refractivity contribution in [2.24, 2.45) is 0 Å². The Morgan fingerprint density at radius 2 is 1.67 bits per heavy atom. The van der Waals surface area contributed by atoms with Crippen molar-refractivity contribution in [2.75, 3.05) is 13.1 Å². The molecule has 0 unspecified atom stereocenters. The molecule has 1 aliphatic heterocycles. The van der Waals surface area contributed by atoms with Gasteiger partial charge in [-0.3, -0.25) is 4.90 Å². The first-order valence-corrected chi connectivity index (χ1v) is 9.86. The monoisotopic (exact) mass is 355 g/mol. The summed E-state index contributed by atoms with van der Waals surface area (Å²) in [6.07, 6.45) is 11.2. The van der Waals surface area contributed by atoms with Crippen LogP contribution in [0.15, 0.2) is 73.2 Å².